The number of amides is 1. The SMILES string of the molecule is CCC(C)NC(=O)c1cnc(N)c2ccccc12. The number of nitrogens with zero attached hydrogens (tertiary/aromatic N) is 1. The highest BCUT2D eigenvalue weighted by atomic mass is 16.1. The Kier molecular flexibility index (Phi) is 3.46. The molecule has 0 saturated heterocycles. The zero-order chi connectivity index (χ0) is 13.1. The fraction of sp³-hybridized carbons (Fsp3) is 0.286. The van der Waals surface area contributed by atoms with Crippen molar-refractivity contribution in [2.75, 3.05) is 5.73 Å². The number of benzene rings is 1. The molecule has 0 spiro atoms. The average Bonchev–Trinajstić information content (AvgIpc) is 2.39. The number of hydrogen-bond acceptors (Lipinski definition) is 3. The topological polar surface area (TPSA) is 68.0 Å². The molecule has 0 bridgehead atoms. The molecular formula is C14H17N3O. The number of nitrogen functional groups attached to an aromatic ring is 1. The molecule has 1 aromatic heterocycles. The first-order chi connectivity index (χ1) is 8.63. The van der Waals surface area contributed by atoms with Crippen LogP contribution < -0.4 is 11.1 Å². The lowest BCUT2D eigenvalue weighted by Gasteiger charge is -2.13. The second-order valence-electron chi connectivity index (χ2n) is 4.39. The smallest absolute Gasteiger partial charge is 0.253 e. The number of carbonyl (C=O) groups excluding carboxylic acids is 1. The number of hydrogen-bond donors (Lipinski definition) is 2. The molecule has 4 heteroatoms. The van der Waals surface area contributed by atoms with E-state index in [4.69, 9.17) is 5.73 Å². The highest BCUT2D eigenvalue weighted by molar-refractivity contribution is 6.09. The van der Waals surface area contributed by atoms with Gasteiger partial charge in [-0.05, 0) is 18.7 Å². The van der Waals surface area contributed by atoms with Crippen LogP contribution in [0.1, 0.15) is 30.6 Å². The molecule has 0 aliphatic heterocycles. The molecule has 1 heterocycles. The first-order valence-corrected chi connectivity index (χ1v) is 6.07. The molecule has 18 heavy (non-hydrogen) atoms. The monoisotopic (exact) mass is 243 g/mol. The van der Waals surface area contributed by atoms with E-state index in [9.17, 15) is 4.79 Å². The molecule has 1 unspecified atom stereocenters. The molecule has 1 amide bonds. The van der Waals surface area contributed by atoms with Crippen LogP contribution in [-0.2, 0) is 0 Å². The van der Waals surface area contributed by atoms with Crippen molar-refractivity contribution in [3.05, 3.63) is 36.0 Å². The Morgan fingerprint density at radius 2 is 2.06 bits per heavy atom. The van der Waals surface area contributed by atoms with Crippen molar-refractivity contribution in [2.24, 2.45) is 0 Å². The van der Waals surface area contributed by atoms with E-state index < -0.39 is 0 Å². The maximum absolute atomic E-state index is 12.1. The van der Waals surface area contributed by atoms with Gasteiger partial charge in [0.1, 0.15) is 5.82 Å². The van der Waals surface area contributed by atoms with E-state index in [1.807, 2.05) is 38.1 Å². The lowest BCUT2D eigenvalue weighted by molar-refractivity contribution is 0.0940. The number of aromatic nitrogens is 1. The van der Waals surface area contributed by atoms with Crippen LogP contribution in [0.2, 0.25) is 0 Å². The van der Waals surface area contributed by atoms with Crippen LogP contribution >= 0.6 is 0 Å². The normalized spacial score (nSPS) is 12.3. The van der Waals surface area contributed by atoms with Gasteiger partial charge >= 0.3 is 0 Å². The van der Waals surface area contributed by atoms with Crippen LogP contribution in [0.5, 0.6) is 0 Å². The fourth-order valence-corrected chi connectivity index (χ4v) is 1.80. The van der Waals surface area contributed by atoms with E-state index in [-0.39, 0.29) is 11.9 Å². The lowest BCUT2D eigenvalue weighted by Crippen LogP contribution is -2.32. The van der Waals surface area contributed by atoms with Crippen molar-refractivity contribution in [1.82, 2.24) is 10.3 Å². The maximum Gasteiger partial charge on any atom is 0.253 e. The molecule has 0 aliphatic carbocycles. The van der Waals surface area contributed by atoms with Gasteiger partial charge in [-0.25, -0.2) is 4.98 Å². The van der Waals surface area contributed by atoms with Crippen LogP contribution in [0.4, 0.5) is 5.82 Å². The van der Waals surface area contributed by atoms with E-state index in [0.29, 0.717) is 11.4 Å². The van der Waals surface area contributed by atoms with E-state index >= 15 is 0 Å². The van der Waals surface area contributed by atoms with Gasteiger partial charge in [-0.15, -0.1) is 0 Å². The summed E-state index contributed by atoms with van der Waals surface area (Å²) >= 11 is 0. The van der Waals surface area contributed by atoms with Crippen LogP contribution in [0.3, 0.4) is 0 Å². The predicted molar refractivity (Wildman–Crippen MR) is 73.4 cm³/mol. The van der Waals surface area contributed by atoms with Crippen molar-refractivity contribution in [3.8, 4) is 0 Å². The van der Waals surface area contributed by atoms with Gasteiger partial charge < -0.3 is 11.1 Å². The molecule has 2 rings (SSSR count). The number of rotatable bonds is 3. The zero-order valence-electron chi connectivity index (χ0n) is 10.6. The molecule has 0 fully saturated rings. The maximum atomic E-state index is 12.1. The third-order valence-corrected chi connectivity index (χ3v) is 3.06. The lowest BCUT2D eigenvalue weighted by atomic mass is 10.1. The summed E-state index contributed by atoms with van der Waals surface area (Å²) in [5.74, 6) is 0.346. The van der Waals surface area contributed by atoms with Crippen LogP contribution in [-0.4, -0.2) is 16.9 Å². The summed E-state index contributed by atoms with van der Waals surface area (Å²) in [5.41, 5.74) is 6.38. The minimum Gasteiger partial charge on any atom is -0.383 e. The summed E-state index contributed by atoms with van der Waals surface area (Å²) in [7, 11) is 0. The minimum absolute atomic E-state index is 0.104. The average molecular weight is 243 g/mol. The van der Waals surface area contributed by atoms with Crippen molar-refractivity contribution in [3.63, 3.8) is 0 Å². The van der Waals surface area contributed by atoms with E-state index in [2.05, 4.69) is 10.3 Å². The first kappa shape index (κ1) is 12.4. The summed E-state index contributed by atoms with van der Waals surface area (Å²) < 4.78 is 0. The number of nitrogens with one attached hydrogen (secondary N) is 1. The van der Waals surface area contributed by atoms with E-state index in [0.717, 1.165) is 17.2 Å². The quantitative estimate of drug-likeness (QED) is 0.869. The first-order valence-electron chi connectivity index (χ1n) is 6.07. The van der Waals surface area contributed by atoms with E-state index in [1.54, 1.807) is 0 Å². The molecule has 2 aromatic rings. The molecular weight excluding hydrogens is 226 g/mol. The summed E-state index contributed by atoms with van der Waals surface area (Å²) in [5, 5.41) is 4.59. The second-order valence-corrected chi connectivity index (χ2v) is 4.39. The Balaban J connectivity index is 2.45. The number of carbonyl (C=O) groups is 1. The summed E-state index contributed by atoms with van der Waals surface area (Å²) in [6, 6.07) is 7.68. The summed E-state index contributed by atoms with van der Waals surface area (Å²) in [6.45, 7) is 4.01. The Hall–Kier alpha value is -2.10. The van der Waals surface area contributed by atoms with Crippen molar-refractivity contribution >= 4 is 22.5 Å². The van der Waals surface area contributed by atoms with Crippen LogP contribution in [0.25, 0.3) is 10.8 Å². The van der Waals surface area contributed by atoms with Gasteiger partial charge in [-0.1, -0.05) is 31.2 Å². The molecule has 0 radical (unpaired) electrons. The van der Waals surface area contributed by atoms with Crippen molar-refractivity contribution < 1.29 is 4.79 Å². The number of pyridine rings is 1. The van der Waals surface area contributed by atoms with Gasteiger partial charge in [0, 0.05) is 17.6 Å². The number of fused-ring (bicyclic) bond motifs is 1. The van der Waals surface area contributed by atoms with Gasteiger partial charge in [0.2, 0.25) is 0 Å². The fourth-order valence-electron chi connectivity index (χ4n) is 1.80. The Bertz CT molecular complexity index is 580. The number of nitrogens with two attached hydrogens (primary N) is 1. The van der Waals surface area contributed by atoms with Gasteiger partial charge in [0.15, 0.2) is 0 Å². The predicted octanol–water partition coefficient (Wildman–Crippen LogP) is 2.35. The molecule has 1 atom stereocenters. The van der Waals surface area contributed by atoms with Crippen LogP contribution in [0, 0.1) is 0 Å². The van der Waals surface area contributed by atoms with Gasteiger partial charge in [-0.2, -0.15) is 0 Å². The number of anilines is 1. The van der Waals surface area contributed by atoms with Crippen molar-refractivity contribution in [2.45, 2.75) is 26.3 Å². The van der Waals surface area contributed by atoms with Gasteiger partial charge in [-0.3, -0.25) is 4.79 Å². The van der Waals surface area contributed by atoms with Crippen molar-refractivity contribution in [1.29, 1.82) is 0 Å². The largest absolute Gasteiger partial charge is 0.383 e. The summed E-state index contributed by atoms with van der Waals surface area (Å²) in [4.78, 5) is 16.2. The summed E-state index contributed by atoms with van der Waals surface area (Å²) in [6.07, 6.45) is 2.43. The molecule has 0 aliphatic rings. The molecule has 94 valence electrons. The zero-order valence-corrected chi connectivity index (χ0v) is 10.6. The van der Waals surface area contributed by atoms with Gasteiger partial charge in [0.05, 0.1) is 5.56 Å². The third-order valence-electron chi connectivity index (χ3n) is 3.06. The standard InChI is InChI=1S/C14H17N3O/c1-3-9(2)17-14(18)12-8-16-13(15)11-7-5-4-6-10(11)12/h4-9H,3H2,1-2H3,(H2,15,16)(H,17,18). The third kappa shape index (κ3) is 2.27. The van der Waals surface area contributed by atoms with Crippen LogP contribution in [0.15, 0.2) is 30.5 Å². The second kappa shape index (κ2) is 5.04. The highest BCUT2D eigenvalue weighted by Gasteiger charge is 2.13. The molecule has 4 nitrogen and oxygen atoms in total. The molecule has 0 saturated carbocycles. The minimum atomic E-state index is -0.104. The highest BCUT2D eigenvalue weighted by Crippen LogP contribution is 2.22. The van der Waals surface area contributed by atoms with Gasteiger partial charge in [0.25, 0.3) is 5.91 Å². The Labute approximate surface area is 106 Å². The molecule has 3 N–H and O–H groups in total. The Morgan fingerprint density at radius 3 is 2.72 bits per heavy atom. The Morgan fingerprint density at radius 1 is 1.39 bits per heavy atom. The van der Waals surface area contributed by atoms with E-state index in [1.165, 1.54) is 6.20 Å². The molecule has 1 aromatic carbocycles.